The summed E-state index contributed by atoms with van der Waals surface area (Å²) >= 11 is 7.03. The molecular formula is C14H19Br2NO3. The molecule has 112 valence electrons. The number of ether oxygens (including phenoxy) is 3. The van der Waals surface area contributed by atoms with Crippen LogP contribution in [0.25, 0.3) is 0 Å². The number of anilines is 1. The molecule has 1 fully saturated rings. The molecule has 1 aromatic rings. The number of hydrogen-bond donors (Lipinski definition) is 1. The first-order chi connectivity index (χ1) is 9.60. The quantitative estimate of drug-likeness (QED) is 0.776. The molecule has 1 N–H and O–H groups in total. The molecule has 3 unspecified atom stereocenters. The van der Waals surface area contributed by atoms with Crippen molar-refractivity contribution in [3.63, 3.8) is 0 Å². The van der Waals surface area contributed by atoms with Crippen molar-refractivity contribution in [1.82, 2.24) is 0 Å². The largest absolute Gasteiger partial charge is 0.495 e. The van der Waals surface area contributed by atoms with Gasteiger partial charge in [0.1, 0.15) is 11.9 Å². The van der Waals surface area contributed by atoms with Gasteiger partial charge in [-0.2, -0.15) is 0 Å². The highest BCUT2D eigenvalue weighted by molar-refractivity contribution is 9.11. The second-order valence-corrected chi connectivity index (χ2v) is 6.36. The van der Waals surface area contributed by atoms with E-state index in [0.29, 0.717) is 6.61 Å². The third-order valence-electron chi connectivity index (χ3n) is 3.48. The summed E-state index contributed by atoms with van der Waals surface area (Å²) in [4.78, 5) is 0. The van der Waals surface area contributed by atoms with Crippen molar-refractivity contribution < 1.29 is 14.2 Å². The van der Waals surface area contributed by atoms with Gasteiger partial charge < -0.3 is 19.5 Å². The molecule has 20 heavy (non-hydrogen) atoms. The van der Waals surface area contributed by atoms with E-state index in [1.54, 1.807) is 14.2 Å². The van der Waals surface area contributed by atoms with Gasteiger partial charge in [0.15, 0.2) is 0 Å². The zero-order chi connectivity index (χ0) is 14.7. The lowest BCUT2D eigenvalue weighted by molar-refractivity contribution is -0.118. The third-order valence-corrected chi connectivity index (χ3v) is 4.76. The van der Waals surface area contributed by atoms with Crippen LogP contribution in [0.2, 0.25) is 0 Å². The predicted octanol–water partition coefficient (Wildman–Crippen LogP) is 3.82. The molecule has 3 atom stereocenters. The van der Waals surface area contributed by atoms with Crippen LogP contribution >= 0.6 is 31.9 Å². The summed E-state index contributed by atoms with van der Waals surface area (Å²) in [5.74, 6) is 0.797. The molecule has 1 aromatic carbocycles. The van der Waals surface area contributed by atoms with Crippen LogP contribution in [0.4, 0.5) is 5.69 Å². The molecule has 0 radical (unpaired) electrons. The number of methoxy groups -OCH3 is 2. The smallest absolute Gasteiger partial charge is 0.135 e. The molecule has 0 amide bonds. The average molecular weight is 409 g/mol. The first-order valence-corrected chi connectivity index (χ1v) is 8.13. The molecule has 0 aromatic heterocycles. The van der Waals surface area contributed by atoms with E-state index in [-0.39, 0.29) is 18.2 Å². The zero-order valence-corrected chi connectivity index (χ0v) is 15.0. The molecule has 0 heterocycles. The fourth-order valence-electron chi connectivity index (χ4n) is 2.41. The summed E-state index contributed by atoms with van der Waals surface area (Å²) < 4.78 is 18.4. The highest BCUT2D eigenvalue weighted by Crippen LogP contribution is 2.37. The summed E-state index contributed by atoms with van der Waals surface area (Å²) in [5.41, 5.74) is 0.993. The summed E-state index contributed by atoms with van der Waals surface area (Å²) in [6.07, 6.45) is 1.20. The highest BCUT2D eigenvalue weighted by atomic mass is 79.9. The fourth-order valence-corrected chi connectivity index (χ4v) is 3.68. The zero-order valence-electron chi connectivity index (χ0n) is 11.8. The number of hydrogen-bond acceptors (Lipinski definition) is 4. The van der Waals surface area contributed by atoms with E-state index in [1.165, 1.54) is 0 Å². The Kier molecular flexibility index (Phi) is 5.72. The number of halogens is 2. The van der Waals surface area contributed by atoms with Crippen molar-refractivity contribution in [2.24, 2.45) is 0 Å². The van der Waals surface area contributed by atoms with Crippen LogP contribution in [0, 0.1) is 0 Å². The normalized spacial score (nSPS) is 25.1. The van der Waals surface area contributed by atoms with Gasteiger partial charge in [-0.15, -0.1) is 0 Å². The second-order valence-electron chi connectivity index (χ2n) is 4.65. The van der Waals surface area contributed by atoms with Crippen molar-refractivity contribution in [1.29, 1.82) is 0 Å². The number of nitrogens with one attached hydrogen (secondary N) is 1. The fraction of sp³-hybridized carbons (Fsp3) is 0.571. The van der Waals surface area contributed by atoms with Crippen molar-refractivity contribution in [2.75, 3.05) is 26.1 Å². The molecule has 2 rings (SSSR count). The Morgan fingerprint density at radius 2 is 2.00 bits per heavy atom. The van der Waals surface area contributed by atoms with Crippen LogP contribution in [0.5, 0.6) is 5.75 Å². The van der Waals surface area contributed by atoms with Crippen molar-refractivity contribution in [3.05, 3.63) is 21.1 Å². The van der Waals surface area contributed by atoms with Crippen LogP contribution in [0.15, 0.2) is 21.1 Å². The maximum absolute atomic E-state index is 5.63. The molecule has 1 aliphatic rings. The Labute approximate surface area is 136 Å². The Hall–Kier alpha value is -0.300. The lowest BCUT2D eigenvalue weighted by Crippen LogP contribution is -2.56. The molecule has 0 spiro atoms. The van der Waals surface area contributed by atoms with E-state index in [4.69, 9.17) is 14.2 Å². The summed E-state index contributed by atoms with van der Waals surface area (Å²) in [6.45, 7) is 2.72. The summed E-state index contributed by atoms with van der Waals surface area (Å²) in [5, 5.41) is 3.49. The summed E-state index contributed by atoms with van der Waals surface area (Å²) in [7, 11) is 3.38. The Bertz CT molecular complexity index is 470. The third kappa shape index (κ3) is 3.30. The number of rotatable bonds is 6. The maximum atomic E-state index is 5.63. The molecule has 0 aliphatic heterocycles. The van der Waals surface area contributed by atoms with Gasteiger partial charge in [0.2, 0.25) is 0 Å². The van der Waals surface area contributed by atoms with Gasteiger partial charge >= 0.3 is 0 Å². The minimum absolute atomic E-state index is 0.0801. The topological polar surface area (TPSA) is 39.7 Å². The van der Waals surface area contributed by atoms with Gasteiger partial charge in [0.05, 0.1) is 29.4 Å². The number of benzene rings is 1. The first-order valence-electron chi connectivity index (χ1n) is 6.54. The van der Waals surface area contributed by atoms with Crippen molar-refractivity contribution >= 4 is 37.5 Å². The Morgan fingerprint density at radius 1 is 1.25 bits per heavy atom. The predicted molar refractivity (Wildman–Crippen MR) is 86.6 cm³/mol. The SMILES string of the molecule is CCOC1CC(Nc2cc(OC)c(Br)cc2Br)C1OC. The lowest BCUT2D eigenvalue weighted by Gasteiger charge is -2.43. The maximum Gasteiger partial charge on any atom is 0.135 e. The van der Waals surface area contributed by atoms with E-state index in [2.05, 4.69) is 37.2 Å². The highest BCUT2D eigenvalue weighted by Gasteiger charge is 2.42. The van der Waals surface area contributed by atoms with Gasteiger partial charge in [0.25, 0.3) is 0 Å². The van der Waals surface area contributed by atoms with E-state index in [9.17, 15) is 0 Å². The minimum Gasteiger partial charge on any atom is -0.495 e. The van der Waals surface area contributed by atoms with Crippen molar-refractivity contribution in [2.45, 2.75) is 31.6 Å². The van der Waals surface area contributed by atoms with Crippen LogP contribution in [0.3, 0.4) is 0 Å². The van der Waals surface area contributed by atoms with Crippen LogP contribution in [-0.4, -0.2) is 39.1 Å². The molecule has 0 bridgehead atoms. The Morgan fingerprint density at radius 3 is 2.60 bits per heavy atom. The van der Waals surface area contributed by atoms with Gasteiger partial charge in [-0.1, -0.05) is 0 Å². The van der Waals surface area contributed by atoms with E-state index < -0.39 is 0 Å². The van der Waals surface area contributed by atoms with Crippen molar-refractivity contribution in [3.8, 4) is 5.75 Å². The van der Waals surface area contributed by atoms with Gasteiger partial charge in [0, 0.05) is 24.3 Å². The lowest BCUT2D eigenvalue weighted by atomic mass is 9.85. The van der Waals surface area contributed by atoms with Gasteiger partial charge in [-0.3, -0.25) is 0 Å². The molecular weight excluding hydrogens is 390 g/mol. The second kappa shape index (κ2) is 7.11. The standard InChI is InChI=1S/C14H19Br2NO3/c1-4-20-13-7-11(14(13)19-3)17-10-6-12(18-2)9(16)5-8(10)15/h5-6,11,13-14,17H,4,7H2,1-3H3. The molecule has 4 nitrogen and oxygen atoms in total. The van der Waals surface area contributed by atoms with Crippen LogP contribution in [0.1, 0.15) is 13.3 Å². The molecule has 1 aliphatic carbocycles. The van der Waals surface area contributed by atoms with E-state index in [0.717, 1.165) is 26.8 Å². The van der Waals surface area contributed by atoms with Gasteiger partial charge in [-0.25, -0.2) is 0 Å². The Balaban J connectivity index is 2.07. The van der Waals surface area contributed by atoms with Crippen LogP contribution in [-0.2, 0) is 9.47 Å². The minimum atomic E-state index is 0.0801. The summed E-state index contributed by atoms with van der Waals surface area (Å²) in [6, 6.07) is 4.19. The molecule has 1 saturated carbocycles. The van der Waals surface area contributed by atoms with E-state index in [1.807, 2.05) is 19.1 Å². The van der Waals surface area contributed by atoms with E-state index >= 15 is 0 Å². The average Bonchev–Trinajstić information content (AvgIpc) is 2.40. The first kappa shape index (κ1) is 16.1. The molecule has 0 saturated heterocycles. The molecule has 6 heteroatoms. The monoisotopic (exact) mass is 407 g/mol. The van der Waals surface area contributed by atoms with Crippen LogP contribution < -0.4 is 10.1 Å². The van der Waals surface area contributed by atoms with Gasteiger partial charge in [-0.05, 0) is 51.3 Å².